The number of aromatic nitrogens is 2. The third-order valence-electron chi connectivity index (χ3n) is 4.59. The highest BCUT2D eigenvalue weighted by atomic mass is 19.1. The van der Waals surface area contributed by atoms with E-state index in [0.717, 1.165) is 37.9 Å². The van der Waals surface area contributed by atoms with Crippen molar-refractivity contribution in [2.45, 2.75) is 45.2 Å². The Kier molecular flexibility index (Phi) is 4.88. The van der Waals surface area contributed by atoms with Gasteiger partial charge in [-0.15, -0.1) is 0 Å². The first-order valence-electron chi connectivity index (χ1n) is 8.19. The summed E-state index contributed by atoms with van der Waals surface area (Å²) in [6.45, 7) is 4.27. The van der Waals surface area contributed by atoms with Crippen LogP contribution in [-0.4, -0.2) is 22.1 Å². The molecular weight excluding hydrogens is 277 g/mol. The fraction of sp³-hybridized carbons (Fsp3) is 0.500. The zero-order valence-corrected chi connectivity index (χ0v) is 13.1. The molecule has 0 aliphatic carbocycles. The van der Waals surface area contributed by atoms with Crippen LogP contribution in [0.5, 0.6) is 0 Å². The van der Waals surface area contributed by atoms with E-state index in [0.29, 0.717) is 12.0 Å². The van der Waals surface area contributed by atoms with Crippen LogP contribution in [0, 0.1) is 11.7 Å². The van der Waals surface area contributed by atoms with Gasteiger partial charge in [0.25, 0.3) is 0 Å². The van der Waals surface area contributed by atoms with Gasteiger partial charge in [-0.05, 0) is 50.3 Å². The molecule has 0 saturated heterocycles. The molecule has 0 bridgehead atoms. The molecule has 0 fully saturated rings. The van der Waals surface area contributed by atoms with E-state index in [2.05, 4.69) is 28.0 Å². The average Bonchev–Trinajstić information content (AvgIpc) is 2.99. The van der Waals surface area contributed by atoms with E-state index in [1.807, 2.05) is 18.3 Å². The van der Waals surface area contributed by atoms with Crippen molar-refractivity contribution in [2.24, 2.45) is 5.92 Å². The molecule has 4 heteroatoms. The Bertz CT molecular complexity index is 608. The summed E-state index contributed by atoms with van der Waals surface area (Å²) >= 11 is 0. The van der Waals surface area contributed by atoms with Crippen LogP contribution in [0.15, 0.2) is 36.7 Å². The van der Waals surface area contributed by atoms with Gasteiger partial charge in [-0.3, -0.25) is 0 Å². The van der Waals surface area contributed by atoms with Crippen LogP contribution in [0.25, 0.3) is 0 Å². The number of hydrogen-bond donors (Lipinski definition) is 1. The molecule has 0 amide bonds. The Morgan fingerprint density at radius 2 is 2.27 bits per heavy atom. The Morgan fingerprint density at radius 1 is 1.41 bits per heavy atom. The van der Waals surface area contributed by atoms with Crippen LogP contribution in [-0.2, 0) is 19.4 Å². The van der Waals surface area contributed by atoms with Gasteiger partial charge in [0.15, 0.2) is 0 Å². The molecule has 3 nitrogen and oxygen atoms in total. The zero-order chi connectivity index (χ0) is 15.4. The molecular formula is C18H24FN3. The van der Waals surface area contributed by atoms with Gasteiger partial charge >= 0.3 is 0 Å². The van der Waals surface area contributed by atoms with Crippen LogP contribution >= 0.6 is 0 Å². The minimum Gasteiger partial charge on any atom is -0.335 e. The number of halogens is 1. The zero-order valence-electron chi connectivity index (χ0n) is 13.1. The minimum atomic E-state index is -0.0883. The van der Waals surface area contributed by atoms with E-state index >= 15 is 0 Å². The second kappa shape index (κ2) is 7.05. The van der Waals surface area contributed by atoms with Crippen molar-refractivity contribution in [3.8, 4) is 0 Å². The molecule has 1 aromatic carbocycles. The van der Waals surface area contributed by atoms with E-state index in [-0.39, 0.29) is 5.82 Å². The summed E-state index contributed by atoms with van der Waals surface area (Å²) in [6.07, 6.45) is 7.99. The number of fused-ring (bicyclic) bond motifs is 1. The van der Waals surface area contributed by atoms with E-state index in [1.54, 1.807) is 6.07 Å². The Balaban J connectivity index is 1.41. The van der Waals surface area contributed by atoms with E-state index in [4.69, 9.17) is 0 Å². The van der Waals surface area contributed by atoms with Crippen molar-refractivity contribution in [3.05, 3.63) is 53.9 Å². The van der Waals surface area contributed by atoms with Crippen molar-refractivity contribution < 1.29 is 4.39 Å². The summed E-state index contributed by atoms with van der Waals surface area (Å²) in [5.41, 5.74) is 0.817. The summed E-state index contributed by atoms with van der Waals surface area (Å²) in [6, 6.07) is 7.47. The van der Waals surface area contributed by atoms with E-state index in [9.17, 15) is 4.39 Å². The third-order valence-corrected chi connectivity index (χ3v) is 4.59. The largest absolute Gasteiger partial charge is 0.335 e. The number of imidazole rings is 1. The Labute approximate surface area is 131 Å². The van der Waals surface area contributed by atoms with Gasteiger partial charge in [0.1, 0.15) is 11.6 Å². The van der Waals surface area contributed by atoms with Crippen molar-refractivity contribution in [1.29, 1.82) is 0 Å². The van der Waals surface area contributed by atoms with Gasteiger partial charge in [0.2, 0.25) is 0 Å². The van der Waals surface area contributed by atoms with Gasteiger partial charge in [-0.1, -0.05) is 18.2 Å². The molecule has 1 aliphatic heterocycles. The van der Waals surface area contributed by atoms with Gasteiger partial charge < -0.3 is 9.88 Å². The fourth-order valence-corrected chi connectivity index (χ4v) is 3.15. The number of nitrogens with zero attached hydrogens (tertiary/aromatic N) is 2. The average molecular weight is 301 g/mol. The molecule has 2 atom stereocenters. The second-order valence-electron chi connectivity index (χ2n) is 6.34. The highest BCUT2D eigenvalue weighted by Gasteiger charge is 2.19. The fourth-order valence-electron chi connectivity index (χ4n) is 3.15. The van der Waals surface area contributed by atoms with Crippen molar-refractivity contribution in [1.82, 2.24) is 14.9 Å². The number of rotatable bonds is 6. The van der Waals surface area contributed by atoms with Crippen molar-refractivity contribution in [2.75, 3.05) is 6.54 Å². The lowest BCUT2D eigenvalue weighted by molar-refractivity contribution is 0.331. The van der Waals surface area contributed by atoms with Gasteiger partial charge in [0, 0.05) is 31.4 Å². The molecule has 0 radical (unpaired) electrons. The molecule has 0 unspecified atom stereocenters. The highest BCUT2D eigenvalue weighted by molar-refractivity contribution is 5.17. The van der Waals surface area contributed by atoms with E-state index < -0.39 is 0 Å². The number of aryl methyl sites for hydroxylation is 2. The maximum absolute atomic E-state index is 13.6. The first kappa shape index (κ1) is 15.2. The third kappa shape index (κ3) is 3.74. The molecule has 3 rings (SSSR count). The quantitative estimate of drug-likeness (QED) is 0.888. The number of hydrogen-bond acceptors (Lipinski definition) is 2. The SMILES string of the molecule is C[C@@H](CCc1ccccc1F)NC[C@H]1CCc2nccn2C1. The minimum absolute atomic E-state index is 0.0883. The maximum atomic E-state index is 13.6. The molecule has 1 aromatic heterocycles. The van der Waals surface area contributed by atoms with E-state index in [1.165, 1.54) is 18.3 Å². The predicted octanol–water partition coefficient (Wildman–Crippen LogP) is 3.20. The predicted molar refractivity (Wildman–Crippen MR) is 86.2 cm³/mol. The van der Waals surface area contributed by atoms with Gasteiger partial charge in [-0.2, -0.15) is 0 Å². The molecule has 0 spiro atoms. The van der Waals surface area contributed by atoms with Crippen LogP contribution in [0.1, 0.15) is 31.2 Å². The van der Waals surface area contributed by atoms with Crippen LogP contribution in [0.2, 0.25) is 0 Å². The highest BCUT2D eigenvalue weighted by Crippen LogP contribution is 2.18. The topological polar surface area (TPSA) is 29.9 Å². The standard InChI is InChI=1S/C18H24FN3/c1-14(6-8-16-4-2-3-5-17(16)19)21-12-15-7-9-18-20-10-11-22(18)13-15/h2-5,10-11,14-15,21H,6-9,12-13H2,1H3/t14-,15+/m0/s1. The second-order valence-corrected chi connectivity index (χ2v) is 6.34. The molecule has 0 saturated carbocycles. The molecule has 22 heavy (non-hydrogen) atoms. The van der Waals surface area contributed by atoms with Crippen molar-refractivity contribution >= 4 is 0 Å². The molecule has 2 aromatic rings. The summed E-state index contributed by atoms with van der Waals surface area (Å²) in [5, 5.41) is 3.61. The summed E-state index contributed by atoms with van der Waals surface area (Å²) < 4.78 is 15.9. The molecule has 2 heterocycles. The maximum Gasteiger partial charge on any atom is 0.126 e. The lowest BCUT2D eigenvalue weighted by Gasteiger charge is -2.25. The normalized spacial score (nSPS) is 18.9. The number of benzene rings is 1. The van der Waals surface area contributed by atoms with Crippen LogP contribution in [0.3, 0.4) is 0 Å². The molecule has 1 N–H and O–H groups in total. The number of nitrogens with one attached hydrogen (secondary N) is 1. The van der Waals surface area contributed by atoms with Crippen molar-refractivity contribution in [3.63, 3.8) is 0 Å². The Hall–Kier alpha value is -1.68. The summed E-state index contributed by atoms with van der Waals surface area (Å²) in [5.74, 6) is 1.79. The monoisotopic (exact) mass is 301 g/mol. The lowest BCUT2D eigenvalue weighted by atomic mass is 9.98. The van der Waals surface area contributed by atoms with Crippen LogP contribution < -0.4 is 5.32 Å². The molecule has 1 aliphatic rings. The summed E-state index contributed by atoms with van der Waals surface area (Å²) in [7, 11) is 0. The van der Waals surface area contributed by atoms with Gasteiger partial charge in [0.05, 0.1) is 0 Å². The van der Waals surface area contributed by atoms with Gasteiger partial charge in [-0.25, -0.2) is 9.37 Å². The first-order chi connectivity index (χ1) is 10.7. The lowest BCUT2D eigenvalue weighted by Crippen LogP contribution is -2.35. The first-order valence-corrected chi connectivity index (χ1v) is 8.19. The summed E-state index contributed by atoms with van der Waals surface area (Å²) in [4.78, 5) is 4.36. The Morgan fingerprint density at radius 3 is 3.14 bits per heavy atom. The smallest absolute Gasteiger partial charge is 0.126 e. The molecule has 118 valence electrons. The van der Waals surface area contributed by atoms with Crippen LogP contribution in [0.4, 0.5) is 4.39 Å².